The van der Waals surface area contributed by atoms with Gasteiger partial charge >= 0.3 is 0 Å². The minimum atomic E-state index is -0.455. The minimum absolute atomic E-state index is 0.101. The molecule has 1 aliphatic rings. The SMILES string of the molecule is COc1cc(C(=O)N(C)C[C@H]2CCCCN2C)ccc1F. The number of nitrogens with zero attached hydrogens (tertiary/aromatic N) is 2. The lowest BCUT2D eigenvalue weighted by molar-refractivity contribution is 0.0716. The number of hydrogen-bond donors (Lipinski definition) is 0. The van der Waals surface area contributed by atoms with E-state index in [-0.39, 0.29) is 11.7 Å². The van der Waals surface area contributed by atoms with Crippen LogP contribution < -0.4 is 4.74 Å². The predicted molar refractivity (Wildman–Crippen MR) is 80.2 cm³/mol. The molecule has 4 nitrogen and oxygen atoms in total. The molecule has 116 valence electrons. The van der Waals surface area contributed by atoms with Gasteiger partial charge in [0.1, 0.15) is 0 Å². The van der Waals surface area contributed by atoms with Gasteiger partial charge in [-0.3, -0.25) is 4.79 Å². The van der Waals surface area contributed by atoms with E-state index in [1.165, 1.54) is 38.2 Å². The van der Waals surface area contributed by atoms with Crippen molar-refractivity contribution in [2.75, 3.05) is 34.3 Å². The zero-order valence-electron chi connectivity index (χ0n) is 12.9. The Hall–Kier alpha value is -1.62. The molecule has 2 rings (SSSR count). The van der Waals surface area contributed by atoms with Crippen LogP contribution in [0.1, 0.15) is 29.6 Å². The first-order valence-corrected chi connectivity index (χ1v) is 7.32. The molecule has 0 unspecified atom stereocenters. The van der Waals surface area contributed by atoms with Crippen LogP contribution in [0, 0.1) is 5.82 Å². The van der Waals surface area contributed by atoms with E-state index in [0.29, 0.717) is 18.2 Å². The third-order valence-electron chi connectivity index (χ3n) is 4.15. The summed E-state index contributed by atoms with van der Waals surface area (Å²) in [5.41, 5.74) is 0.453. The van der Waals surface area contributed by atoms with Crippen LogP contribution in [-0.4, -0.2) is 56.0 Å². The number of carbonyl (C=O) groups excluding carboxylic acids is 1. The van der Waals surface area contributed by atoms with Gasteiger partial charge in [-0.15, -0.1) is 0 Å². The van der Waals surface area contributed by atoms with Crippen LogP contribution in [0.4, 0.5) is 4.39 Å². The fraction of sp³-hybridized carbons (Fsp3) is 0.562. The fourth-order valence-electron chi connectivity index (χ4n) is 2.79. The topological polar surface area (TPSA) is 32.8 Å². The van der Waals surface area contributed by atoms with E-state index in [1.807, 2.05) is 0 Å². The van der Waals surface area contributed by atoms with Gasteiger partial charge in [0, 0.05) is 25.2 Å². The van der Waals surface area contributed by atoms with Crippen molar-refractivity contribution in [1.29, 1.82) is 0 Å². The highest BCUT2D eigenvalue weighted by Gasteiger charge is 2.23. The zero-order chi connectivity index (χ0) is 15.4. The molecule has 0 N–H and O–H groups in total. The number of piperidine rings is 1. The monoisotopic (exact) mass is 294 g/mol. The van der Waals surface area contributed by atoms with Crippen molar-refractivity contribution in [3.05, 3.63) is 29.6 Å². The second-order valence-corrected chi connectivity index (χ2v) is 5.67. The number of benzene rings is 1. The Morgan fingerprint density at radius 2 is 2.24 bits per heavy atom. The first-order valence-electron chi connectivity index (χ1n) is 7.32. The number of methoxy groups -OCH3 is 1. The Kier molecular flexibility index (Phi) is 5.17. The summed E-state index contributed by atoms with van der Waals surface area (Å²) in [6, 6.07) is 4.63. The van der Waals surface area contributed by atoms with Gasteiger partial charge in [0.2, 0.25) is 0 Å². The molecule has 21 heavy (non-hydrogen) atoms. The summed E-state index contributed by atoms with van der Waals surface area (Å²) >= 11 is 0. The molecule has 0 aromatic heterocycles. The molecule has 1 aliphatic heterocycles. The lowest BCUT2D eigenvalue weighted by atomic mass is 10.0. The molecule has 1 aromatic carbocycles. The van der Waals surface area contributed by atoms with Gasteiger partial charge in [-0.2, -0.15) is 0 Å². The van der Waals surface area contributed by atoms with E-state index in [2.05, 4.69) is 11.9 Å². The summed E-state index contributed by atoms with van der Waals surface area (Å²) in [4.78, 5) is 16.4. The molecule has 1 saturated heterocycles. The van der Waals surface area contributed by atoms with Crippen molar-refractivity contribution in [1.82, 2.24) is 9.80 Å². The number of likely N-dealkylation sites (tertiary alicyclic amines) is 1. The van der Waals surface area contributed by atoms with Gasteiger partial charge in [0.15, 0.2) is 11.6 Å². The van der Waals surface area contributed by atoms with Gasteiger partial charge in [0.25, 0.3) is 5.91 Å². The lowest BCUT2D eigenvalue weighted by Crippen LogP contribution is -2.45. The Balaban J connectivity index is 2.04. The maximum absolute atomic E-state index is 13.4. The highest BCUT2D eigenvalue weighted by Crippen LogP contribution is 2.20. The molecule has 0 aliphatic carbocycles. The number of ether oxygens (including phenoxy) is 1. The number of rotatable bonds is 4. The minimum Gasteiger partial charge on any atom is -0.494 e. The standard InChI is InChI=1S/C16H23FN2O2/c1-18-9-5-4-6-13(18)11-19(2)16(20)12-7-8-14(17)15(10-12)21-3/h7-8,10,13H,4-6,9,11H2,1-3H3/t13-/m1/s1. The molecular formula is C16H23FN2O2. The lowest BCUT2D eigenvalue weighted by Gasteiger charge is -2.35. The van der Waals surface area contributed by atoms with Gasteiger partial charge in [-0.1, -0.05) is 6.42 Å². The number of halogens is 1. The van der Waals surface area contributed by atoms with E-state index < -0.39 is 5.82 Å². The molecule has 1 atom stereocenters. The fourth-order valence-corrected chi connectivity index (χ4v) is 2.79. The van der Waals surface area contributed by atoms with Gasteiger partial charge < -0.3 is 14.5 Å². The molecule has 0 bridgehead atoms. The third-order valence-corrected chi connectivity index (χ3v) is 4.15. The molecule has 0 spiro atoms. The average molecular weight is 294 g/mol. The molecule has 1 amide bonds. The first kappa shape index (κ1) is 15.8. The van der Waals surface area contributed by atoms with Crippen molar-refractivity contribution in [3.63, 3.8) is 0 Å². The van der Waals surface area contributed by atoms with Crippen LogP contribution in [0.25, 0.3) is 0 Å². The van der Waals surface area contributed by atoms with Crippen molar-refractivity contribution < 1.29 is 13.9 Å². The van der Waals surface area contributed by atoms with Gasteiger partial charge in [-0.05, 0) is 44.6 Å². The van der Waals surface area contributed by atoms with E-state index >= 15 is 0 Å². The summed E-state index contributed by atoms with van der Waals surface area (Å²) in [5, 5.41) is 0. The van der Waals surface area contributed by atoms with Crippen molar-refractivity contribution in [3.8, 4) is 5.75 Å². The normalized spacial score (nSPS) is 19.3. The molecular weight excluding hydrogens is 271 g/mol. The van der Waals surface area contributed by atoms with Crippen LogP contribution in [0.5, 0.6) is 5.75 Å². The van der Waals surface area contributed by atoms with E-state index in [4.69, 9.17) is 4.74 Å². The second-order valence-electron chi connectivity index (χ2n) is 5.67. The largest absolute Gasteiger partial charge is 0.494 e. The second kappa shape index (κ2) is 6.89. The quantitative estimate of drug-likeness (QED) is 0.855. The Labute approximate surface area is 125 Å². The number of carbonyl (C=O) groups is 1. The molecule has 0 saturated carbocycles. The Morgan fingerprint density at radius 3 is 2.90 bits per heavy atom. The van der Waals surface area contributed by atoms with Crippen LogP contribution in [0.3, 0.4) is 0 Å². The van der Waals surface area contributed by atoms with E-state index in [0.717, 1.165) is 13.0 Å². The number of likely N-dealkylation sites (N-methyl/N-ethyl adjacent to an activating group) is 2. The maximum atomic E-state index is 13.4. The van der Waals surface area contributed by atoms with Crippen LogP contribution in [-0.2, 0) is 0 Å². The van der Waals surface area contributed by atoms with Crippen molar-refractivity contribution in [2.24, 2.45) is 0 Å². The molecule has 0 radical (unpaired) electrons. The smallest absolute Gasteiger partial charge is 0.253 e. The van der Waals surface area contributed by atoms with Crippen LogP contribution in [0.2, 0.25) is 0 Å². The summed E-state index contributed by atoms with van der Waals surface area (Å²) < 4.78 is 18.3. The average Bonchev–Trinajstić information content (AvgIpc) is 2.49. The summed E-state index contributed by atoms with van der Waals surface area (Å²) in [6.45, 7) is 1.77. The number of amides is 1. The first-order chi connectivity index (χ1) is 10.0. The Morgan fingerprint density at radius 1 is 1.48 bits per heavy atom. The van der Waals surface area contributed by atoms with E-state index in [9.17, 15) is 9.18 Å². The predicted octanol–water partition coefficient (Wildman–Crippen LogP) is 2.39. The highest BCUT2D eigenvalue weighted by molar-refractivity contribution is 5.94. The molecule has 1 aromatic rings. The molecule has 1 heterocycles. The van der Waals surface area contributed by atoms with Crippen LogP contribution in [0.15, 0.2) is 18.2 Å². The van der Waals surface area contributed by atoms with Gasteiger partial charge in [0.05, 0.1) is 7.11 Å². The highest BCUT2D eigenvalue weighted by atomic mass is 19.1. The van der Waals surface area contributed by atoms with Crippen molar-refractivity contribution >= 4 is 5.91 Å². The zero-order valence-corrected chi connectivity index (χ0v) is 12.9. The summed E-state index contributed by atoms with van der Waals surface area (Å²) in [5.74, 6) is -0.458. The third kappa shape index (κ3) is 3.73. The van der Waals surface area contributed by atoms with Crippen molar-refractivity contribution in [2.45, 2.75) is 25.3 Å². The maximum Gasteiger partial charge on any atom is 0.253 e. The molecule has 5 heteroatoms. The Bertz CT molecular complexity index is 507. The van der Waals surface area contributed by atoms with E-state index in [1.54, 1.807) is 11.9 Å². The summed E-state index contributed by atoms with van der Waals surface area (Å²) in [6.07, 6.45) is 3.54. The number of hydrogen-bond acceptors (Lipinski definition) is 3. The van der Waals surface area contributed by atoms with Gasteiger partial charge in [-0.25, -0.2) is 4.39 Å². The molecule has 1 fully saturated rings. The van der Waals surface area contributed by atoms with Crippen LogP contribution >= 0.6 is 0 Å². The summed E-state index contributed by atoms with van der Waals surface area (Å²) in [7, 11) is 5.29.